The van der Waals surface area contributed by atoms with Gasteiger partial charge < -0.3 is 0 Å². The Hall–Kier alpha value is -1.63. The highest BCUT2D eigenvalue weighted by Crippen LogP contribution is 2.47. The zero-order valence-corrected chi connectivity index (χ0v) is 14.5. The summed E-state index contributed by atoms with van der Waals surface area (Å²) >= 11 is 0. The van der Waals surface area contributed by atoms with Crippen molar-refractivity contribution in [3.05, 3.63) is 60.5 Å². The summed E-state index contributed by atoms with van der Waals surface area (Å²) in [6.07, 6.45) is 7.76. The van der Waals surface area contributed by atoms with E-state index in [0.717, 1.165) is 0 Å². The van der Waals surface area contributed by atoms with Gasteiger partial charge >= 0.3 is 0 Å². The fourth-order valence-electron chi connectivity index (χ4n) is 3.06. The van der Waals surface area contributed by atoms with Crippen LogP contribution in [0.3, 0.4) is 0 Å². The van der Waals surface area contributed by atoms with Gasteiger partial charge in [0.15, 0.2) is 0 Å². The first kappa shape index (κ1) is 19.4. The Labute approximate surface area is 131 Å². The maximum Gasteiger partial charge on any atom is 0.0702 e. The first-order valence-electron chi connectivity index (χ1n) is 8.14. The van der Waals surface area contributed by atoms with Crippen molar-refractivity contribution in [2.24, 2.45) is 0 Å². The van der Waals surface area contributed by atoms with E-state index in [4.69, 9.17) is 0 Å². The third-order valence-corrected chi connectivity index (χ3v) is 3.75. The SMILES string of the molecule is C=C.C=CC1=C(C)c2nccc3c2C1CCC3.CC.CC. The van der Waals surface area contributed by atoms with Crippen LogP contribution < -0.4 is 0 Å². The lowest BCUT2D eigenvalue weighted by molar-refractivity contribution is 0.621. The van der Waals surface area contributed by atoms with Gasteiger partial charge in [-0.15, -0.1) is 13.2 Å². The summed E-state index contributed by atoms with van der Waals surface area (Å²) in [6.45, 7) is 20.1. The number of aryl methyl sites for hydroxylation is 1. The molecule has 0 spiro atoms. The van der Waals surface area contributed by atoms with Gasteiger partial charge in [-0.05, 0) is 54.5 Å². The van der Waals surface area contributed by atoms with E-state index in [-0.39, 0.29) is 0 Å². The molecular weight excluding hydrogens is 254 g/mol. The van der Waals surface area contributed by atoms with Crippen LogP contribution in [-0.2, 0) is 6.42 Å². The van der Waals surface area contributed by atoms with Gasteiger partial charge in [0.25, 0.3) is 0 Å². The summed E-state index contributed by atoms with van der Waals surface area (Å²) in [5, 5.41) is 0. The maximum absolute atomic E-state index is 4.53. The largest absolute Gasteiger partial charge is 0.256 e. The number of allylic oxidation sites excluding steroid dienone is 3. The summed E-state index contributed by atoms with van der Waals surface area (Å²) in [5.74, 6) is 0.593. The Bertz CT molecular complexity index is 483. The summed E-state index contributed by atoms with van der Waals surface area (Å²) in [6, 6.07) is 2.18. The molecule has 0 amide bonds. The maximum atomic E-state index is 4.53. The Morgan fingerprint density at radius 1 is 1.19 bits per heavy atom. The first-order valence-corrected chi connectivity index (χ1v) is 8.14. The van der Waals surface area contributed by atoms with Crippen molar-refractivity contribution in [2.45, 2.75) is 59.8 Å². The summed E-state index contributed by atoms with van der Waals surface area (Å²) in [7, 11) is 0. The van der Waals surface area contributed by atoms with Crippen LogP contribution in [0, 0.1) is 0 Å². The first-order chi connectivity index (χ1) is 10.3. The average Bonchev–Trinajstić information content (AvgIpc) is 2.87. The van der Waals surface area contributed by atoms with E-state index in [9.17, 15) is 0 Å². The van der Waals surface area contributed by atoms with Crippen LogP contribution in [0.15, 0.2) is 43.6 Å². The monoisotopic (exact) mass is 285 g/mol. The van der Waals surface area contributed by atoms with Crippen molar-refractivity contribution in [1.82, 2.24) is 4.98 Å². The zero-order chi connectivity index (χ0) is 16.4. The van der Waals surface area contributed by atoms with Crippen molar-refractivity contribution in [1.29, 1.82) is 0 Å². The van der Waals surface area contributed by atoms with Gasteiger partial charge in [-0.25, -0.2) is 0 Å². The van der Waals surface area contributed by atoms with Crippen LogP contribution in [0.2, 0.25) is 0 Å². The molecule has 0 saturated carbocycles. The Balaban J connectivity index is 0.000000598. The van der Waals surface area contributed by atoms with Gasteiger partial charge in [0.1, 0.15) is 0 Å². The standard InChI is InChI=1S/C14H15N.2C2H6.C2H4/c1-3-11-9(2)14-13-10(7-8-15-14)5-4-6-12(11)13;3*1-2/h3,7-8,12H,1,4-6H2,2H3;2*1-2H3;1-2H2. The molecule has 2 aliphatic carbocycles. The van der Waals surface area contributed by atoms with Crippen molar-refractivity contribution in [3.8, 4) is 0 Å². The average molecular weight is 285 g/mol. The van der Waals surface area contributed by atoms with Crippen molar-refractivity contribution >= 4 is 5.57 Å². The molecule has 1 heterocycles. The van der Waals surface area contributed by atoms with Gasteiger partial charge in [-0.3, -0.25) is 4.98 Å². The van der Waals surface area contributed by atoms with Crippen LogP contribution in [-0.4, -0.2) is 4.98 Å². The molecule has 1 aromatic heterocycles. The second-order valence-corrected chi connectivity index (χ2v) is 4.46. The van der Waals surface area contributed by atoms with Crippen molar-refractivity contribution in [3.63, 3.8) is 0 Å². The molecule has 0 aliphatic heterocycles. The molecule has 0 bridgehead atoms. The molecule has 0 saturated heterocycles. The van der Waals surface area contributed by atoms with Crippen LogP contribution in [0.4, 0.5) is 0 Å². The minimum Gasteiger partial charge on any atom is -0.256 e. The minimum atomic E-state index is 0.593. The van der Waals surface area contributed by atoms with E-state index in [1.54, 1.807) is 0 Å². The molecule has 21 heavy (non-hydrogen) atoms. The zero-order valence-electron chi connectivity index (χ0n) is 14.5. The molecular formula is C20H31N. The number of hydrogen-bond donors (Lipinski definition) is 0. The number of pyridine rings is 1. The normalized spacial score (nSPS) is 17.1. The topological polar surface area (TPSA) is 12.9 Å². The van der Waals surface area contributed by atoms with Gasteiger partial charge in [-0.1, -0.05) is 40.3 Å². The molecule has 116 valence electrons. The van der Waals surface area contributed by atoms with Gasteiger partial charge in [-0.2, -0.15) is 0 Å². The molecule has 1 atom stereocenters. The number of rotatable bonds is 1. The number of hydrogen-bond acceptors (Lipinski definition) is 1. The highest BCUT2D eigenvalue weighted by molar-refractivity contribution is 5.78. The summed E-state index contributed by atoms with van der Waals surface area (Å²) < 4.78 is 0. The molecule has 1 nitrogen and oxygen atoms in total. The molecule has 1 aromatic rings. The molecule has 0 aromatic carbocycles. The van der Waals surface area contributed by atoms with Crippen LogP contribution in [0.5, 0.6) is 0 Å². The predicted octanol–water partition coefficient (Wildman–Crippen LogP) is 6.33. The fourth-order valence-corrected chi connectivity index (χ4v) is 3.06. The van der Waals surface area contributed by atoms with E-state index in [1.807, 2.05) is 40.0 Å². The quantitative estimate of drug-likeness (QED) is 0.549. The van der Waals surface area contributed by atoms with Gasteiger partial charge in [0, 0.05) is 12.1 Å². The van der Waals surface area contributed by atoms with Gasteiger partial charge in [0.05, 0.1) is 5.69 Å². The van der Waals surface area contributed by atoms with Gasteiger partial charge in [0.2, 0.25) is 0 Å². The van der Waals surface area contributed by atoms with E-state index < -0.39 is 0 Å². The molecule has 3 rings (SSSR count). The highest BCUT2D eigenvalue weighted by atomic mass is 14.7. The van der Waals surface area contributed by atoms with E-state index in [1.165, 1.54) is 47.2 Å². The Kier molecular flexibility index (Phi) is 9.36. The summed E-state index contributed by atoms with van der Waals surface area (Å²) in [5.41, 5.74) is 6.98. The smallest absolute Gasteiger partial charge is 0.0702 e. The van der Waals surface area contributed by atoms with Crippen molar-refractivity contribution in [2.75, 3.05) is 0 Å². The summed E-state index contributed by atoms with van der Waals surface area (Å²) in [4.78, 5) is 4.53. The third kappa shape index (κ3) is 3.72. The van der Waals surface area contributed by atoms with Crippen LogP contribution in [0.25, 0.3) is 5.57 Å². The second-order valence-electron chi connectivity index (χ2n) is 4.46. The predicted molar refractivity (Wildman–Crippen MR) is 96.7 cm³/mol. The number of nitrogens with zero attached hydrogens (tertiary/aromatic N) is 1. The molecule has 0 radical (unpaired) electrons. The Morgan fingerprint density at radius 3 is 2.38 bits per heavy atom. The lowest BCUT2D eigenvalue weighted by atomic mass is 9.82. The fraction of sp³-hybridized carbons (Fsp3) is 0.450. The highest BCUT2D eigenvalue weighted by Gasteiger charge is 2.32. The van der Waals surface area contributed by atoms with Crippen LogP contribution >= 0.6 is 0 Å². The molecule has 0 fully saturated rings. The van der Waals surface area contributed by atoms with Crippen molar-refractivity contribution < 1.29 is 0 Å². The van der Waals surface area contributed by atoms with E-state index in [2.05, 4.69) is 37.7 Å². The van der Waals surface area contributed by atoms with E-state index in [0.29, 0.717) is 5.92 Å². The van der Waals surface area contributed by atoms with E-state index >= 15 is 0 Å². The Morgan fingerprint density at radius 2 is 1.81 bits per heavy atom. The molecule has 0 N–H and O–H groups in total. The lowest BCUT2D eigenvalue weighted by Crippen LogP contribution is -2.09. The molecule has 1 heteroatoms. The number of aromatic nitrogens is 1. The molecule has 1 unspecified atom stereocenters. The second kappa shape index (κ2) is 10.1. The van der Waals surface area contributed by atoms with Crippen LogP contribution in [0.1, 0.15) is 70.2 Å². The minimum absolute atomic E-state index is 0.593. The molecule has 2 aliphatic rings. The lowest BCUT2D eigenvalue weighted by Gasteiger charge is -2.22. The third-order valence-electron chi connectivity index (χ3n) is 3.75.